The molecule has 1 atom stereocenters. The number of aromatic amines is 1. The smallest absolute Gasteiger partial charge is 0.229 e. The van der Waals surface area contributed by atoms with Crippen molar-refractivity contribution < 1.29 is 9.59 Å². The van der Waals surface area contributed by atoms with Gasteiger partial charge in [0.1, 0.15) is 0 Å². The molecule has 3 rings (SSSR count). The summed E-state index contributed by atoms with van der Waals surface area (Å²) in [7, 11) is 0. The number of H-pyrrole nitrogens is 1. The number of nitrogens with zero attached hydrogens (tertiary/aromatic N) is 2. The first kappa shape index (κ1) is 13.6. The number of hydrogen-bond donors (Lipinski definition) is 2. The average molecular weight is 286 g/mol. The van der Waals surface area contributed by atoms with E-state index in [0.29, 0.717) is 6.54 Å². The van der Waals surface area contributed by atoms with E-state index in [1.807, 2.05) is 18.2 Å². The first-order valence-electron chi connectivity index (χ1n) is 7.13. The Hall–Kier alpha value is -2.37. The molecule has 1 saturated heterocycles. The first-order valence-corrected chi connectivity index (χ1v) is 7.13. The van der Waals surface area contributed by atoms with Gasteiger partial charge in [0.15, 0.2) is 0 Å². The van der Waals surface area contributed by atoms with Gasteiger partial charge in [-0.25, -0.2) is 0 Å². The molecule has 2 heterocycles. The number of hydrogen-bond acceptors (Lipinski definition) is 3. The van der Waals surface area contributed by atoms with E-state index in [1.54, 1.807) is 18.0 Å². The van der Waals surface area contributed by atoms with Crippen molar-refractivity contribution in [3.8, 4) is 0 Å². The van der Waals surface area contributed by atoms with Gasteiger partial charge in [0, 0.05) is 31.1 Å². The number of fused-ring (bicyclic) bond motifs is 1. The Kier molecular flexibility index (Phi) is 3.60. The number of nitrogens with one attached hydrogen (secondary N) is 2. The minimum Gasteiger partial charge on any atom is -0.342 e. The highest BCUT2D eigenvalue weighted by Gasteiger charge is 2.27. The summed E-state index contributed by atoms with van der Waals surface area (Å²) in [6, 6.07) is 5.63. The highest BCUT2D eigenvalue weighted by atomic mass is 16.2. The molecule has 1 fully saturated rings. The fourth-order valence-corrected chi connectivity index (χ4v) is 2.74. The highest BCUT2D eigenvalue weighted by Crippen LogP contribution is 2.21. The lowest BCUT2D eigenvalue weighted by atomic mass is 9.97. The summed E-state index contributed by atoms with van der Waals surface area (Å²) in [6.45, 7) is 2.81. The zero-order valence-corrected chi connectivity index (χ0v) is 11.9. The van der Waals surface area contributed by atoms with E-state index in [9.17, 15) is 9.59 Å². The molecule has 0 spiro atoms. The molecule has 1 aromatic carbocycles. The molecule has 6 nitrogen and oxygen atoms in total. The lowest BCUT2D eigenvalue weighted by Gasteiger charge is -2.31. The summed E-state index contributed by atoms with van der Waals surface area (Å²) in [5, 5.41) is 10.7. The summed E-state index contributed by atoms with van der Waals surface area (Å²) >= 11 is 0. The number of likely N-dealkylation sites (tertiary alicyclic amines) is 1. The van der Waals surface area contributed by atoms with Crippen LogP contribution in [0.4, 0.5) is 5.69 Å². The van der Waals surface area contributed by atoms with Crippen molar-refractivity contribution in [3.05, 3.63) is 24.4 Å². The van der Waals surface area contributed by atoms with Gasteiger partial charge in [0.25, 0.3) is 0 Å². The zero-order chi connectivity index (χ0) is 14.8. The minimum atomic E-state index is -0.136. The number of rotatable bonds is 2. The Morgan fingerprint density at radius 3 is 3.10 bits per heavy atom. The van der Waals surface area contributed by atoms with Crippen molar-refractivity contribution >= 4 is 28.4 Å². The predicted octanol–water partition coefficient (Wildman–Crippen LogP) is 1.76. The van der Waals surface area contributed by atoms with E-state index in [-0.39, 0.29) is 17.7 Å². The minimum absolute atomic E-state index is 0.0243. The molecule has 2 N–H and O–H groups in total. The van der Waals surface area contributed by atoms with Gasteiger partial charge in [-0.3, -0.25) is 14.7 Å². The van der Waals surface area contributed by atoms with Crippen LogP contribution in [-0.4, -0.2) is 40.0 Å². The molecule has 1 aliphatic heterocycles. The van der Waals surface area contributed by atoms with Gasteiger partial charge < -0.3 is 10.2 Å². The maximum atomic E-state index is 12.3. The largest absolute Gasteiger partial charge is 0.342 e. The number of carbonyl (C=O) groups excluding carboxylic acids is 2. The molecular formula is C15H18N4O2. The first-order chi connectivity index (χ1) is 10.1. The Balaban J connectivity index is 1.69. The molecule has 110 valence electrons. The molecule has 0 radical (unpaired) electrons. The van der Waals surface area contributed by atoms with Gasteiger partial charge in [-0.2, -0.15) is 5.10 Å². The van der Waals surface area contributed by atoms with Gasteiger partial charge in [-0.15, -0.1) is 0 Å². The maximum Gasteiger partial charge on any atom is 0.229 e. The van der Waals surface area contributed by atoms with Gasteiger partial charge in [-0.05, 0) is 31.0 Å². The monoisotopic (exact) mass is 286 g/mol. The quantitative estimate of drug-likeness (QED) is 0.883. The molecule has 0 saturated carbocycles. The maximum absolute atomic E-state index is 12.3. The van der Waals surface area contributed by atoms with E-state index >= 15 is 0 Å². The number of carbonyl (C=O) groups is 2. The third-order valence-corrected chi connectivity index (χ3v) is 3.95. The topological polar surface area (TPSA) is 78.1 Å². The van der Waals surface area contributed by atoms with E-state index in [1.165, 1.54) is 0 Å². The molecule has 1 aromatic heterocycles. The molecule has 21 heavy (non-hydrogen) atoms. The standard InChI is InChI=1S/C15H18N4O2/c1-10(20)19-6-2-3-11(9-19)15(21)17-13-4-5-14-12(7-13)8-16-18-14/h4-5,7-8,11H,2-3,6,9H2,1H3,(H,16,18)(H,17,21). The van der Waals surface area contributed by atoms with Crippen LogP contribution in [0.1, 0.15) is 19.8 Å². The van der Waals surface area contributed by atoms with Crippen LogP contribution in [0, 0.1) is 5.92 Å². The zero-order valence-electron chi connectivity index (χ0n) is 11.9. The van der Waals surface area contributed by atoms with Crippen LogP contribution in [0.25, 0.3) is 10.9 Å². The number of aromatic nitrogens is 2. The molecule has 6 heteroatoms. The van der Waals surface area contributed by atoms with Crippen LogP contribution < -0.4 is 5.32 Å². The van der Waals surface area contributed by atoms with E-state index < -0.39 is 0 Å². The molecule has 1 unspecified atom stereocenters. The van der Waals surface area contributed by atoms with Crippen molar-refractivity contribution in [3.63, 3.8) is 0 Å². The van der Waals surface area contributed by atoms with Gasteiger partial charge >= 0.3 is 0 Å². The number of piperidine rings is 1. The summed E-state index contributed by atoms with van der Waals surface area (Å²) in [4.78, 5) is 25.5. The second kappa shape index (κ2) is 5.55. The lowest BCUT2D eigenvalue weighted by Crippen LogP contribution is -2.42. The highest BCUT2D eigenvalue weighted by molar-refractivity contribution is 5.95. The summed E-state index contributed by atoms with van der Waals surface area (Å²) in [5.74, 6) is -0.126. The second-order valence-corrected chi connectivity index (χ2v) is 5.47. The van der Waals surface area contributed by atoms with E-state index in [2.05, 4.69) is 15.5 Å². The van der Waals surface area contributed by atoms with Gasteiger partial charge in [0.05, 0.1) is 17.6 Å². The van der Waals surface area contributed by atoms with Gasteiger partial charge in [-0.1, -0.05) is 0 Å². The average Bonchev–Trinajstić information content (AvgIpc) is 2.95. The molecule has 2 aromatic rings. The lowest BCUT2D eigenvalue weighted by molar-refractivity contribution is -0.132. The number of anilines is 1. The van der Waals surface area contributed by atoms with Crippen LogP contribution in [0.15, 0.2) is 24.4 Å². The Morgan fingerprint density at radius 1 is 1.43 bits per heavy atom. The van der Waals surface area contributed by atoms with E-state index in [4.69, 9.17) is 0 Å². The van der Waals surface area contributed by atoms with Crippen LogP contribution in [0.3, 0.4) is 0 Å². The van der Waals surface area contributed by atoms with E-state index in [0.717, 1.165) is 36.0 Å². The van der Waals surface area contributed by atoms with Crippen molar-refractivity contribution in [2.24, 2.45) is 5.92 Å². The van der Waals surface area contributed by atoms with Crippen molar-refractivity contribution in [2.75, 3.05) is 18.4 Å². The van der Waals surface area contributed by atoms with Crippen molar-refractivity contribution in [1.29, 1.82) is 0 Å². The summed E-state index contributed by atoms with van der Waals surface area (Å²) < 4.78 is 0. The van der Waals surface area contributed by atoms with Crippen LogP contribution in [-0.2, 0) is 9.59 Å². The Labute approximate surface area is 122 Å². The van der Waals surface area contributed by atoms with Crippen molar-refractivity contribution in [2.45, 2.75) is 19.8 Å². The summed E-state index contributed by atoms with van der Waals surface area (Å²) in [5.41, 5.74) is 1.70. The molecule has 0 aliphatic carbocycles. The Bertz CT molecular complexity index is 679. The van der Waals surface area contributed by atoms with Crippen LogP contribution >= 0.6 is 0 Å². The predicted molar refractivity (Wildman–Crippen MR) is 79.7 cm³/mol. The van der Waals surface area contributed by atoms with Gasteiger partial charge in [0.2, 0.25) is 11.8 Å². The molecule has 2 amide bonds. The summed E-state index contributed by atoms with van der Waals surface area (Å²) in [6.07, 6.45) is 3.42. The normalized spacial score (nSPS) is 18.7. The molecular weight excluding hydrogens is 268 g/mol. The van der Waals surface area contributed by atoms with Crippen LogP contribution in [0.5, 0.6) is 0 Å². The fraction of sp³-hybridized carbons (Fsp3) is 0.400. The molecule has 0 bridgehead atoms. The third kappa shape index (κ3) is 2.89. The van der Waals surface area contributed by atoms with Crippen molar-refractivity contribution in [1.82, 2.24) is 15.1 Å². The number of amides is 2. The van der Waals surface area contributed by atoms with Crippen LogP contribution in [0.2, 0.25) is 0 Å². The Morgan fingerprint density at radius 2 is 2.29 bits per heavy atom. The second-order valence-electron chi connectivity index (χ2n) is 5.47. The number of benzene rings is 1. The molecule has 1 aliphatic rings. The third-order valence-electron chi connectivity index (χ3n) is 3.95. The fourth-order valence-electron chi connectivity index (χ4n) is 2.74. The SMILES string of the molecule is CC(=O)N1CCCC(C(=O)Nc2ccc3[nH]ncc3c2)C1.